The van der Waals surface area contributed by atoms with E-state index in [1.807, 2.05) is 23.1 Å². The number of carbonyl (C=O) groups is 1. The molecule has 0 aliphatic carbocycles. The molecule has 35 heavy (non-hydrogen) atoms. The number of rotatable bonds is 7. The van der Waals surface area contributed by atoms with Crippen molar-refractivity contribution in [2.45, 2.75) is 25.4 Å². The highest BCUT2D eigenvalue weighted by atomic mass is 19.1. The number of carboxylic acids is 1. The topological polar surface area (TPSA) is 82.9 Å². The van der Waals surface area contributed by atoms with Crippen LogP contribution in [0.4, 0.5) is 4.39 Å². The Hall–Kier alpha value is -3.47. The molecule has 1 aromatic heterocycles. The molecule has 0 spiro atoms. The van der Waals surface area contributed by atoms with Crippen LogP contribution in [0.1, 0.15) is 36.5 Å². The van der Waals surface area contributed by atoms with Crippen LogP contribution in [0.5, 0.6) is 5.75 Å². The number of aliphatic hydroxyl groups is 1. The minimum absolute atomic E-state index is 0.0411. The summed E-state index contributed by atoms with van der Waals surface area (Å²) in [6.45, 7) is 1.49. The monoisotopic (exact) mass is 476 g/mol. The Kier molecular flexibility index (Phi) is 7.96. The van der Waals surface area contributed by atoms with E-state index in [4.69, 9.17) is 4.74 Å². The minimum Gasteiger partial charge on any atom is -0.497 e. The smallest absolute Gasteiger partial charge is 0.308 e. The van der Waals surface area contributed by atoms with Crippen LogP contribution in [0.2, 0.25) is 0 Å². The average Bonchev–Trinajstić information content (AvgIpc) is 2.88. The van der Waals surface area contributed by atoms with Gasteiger partial charge in [-0.25, -0.2) is 4.39 Å². The normalized spacial score (nSPS) is 19.1. The third kappa shape index (κ3) is 5.97. The summed E-state index contributed by atoms with van der Waals surface area (Å²) in [4.78, 5) is 18.4. The maximum Gasteiger partial charge on any atom is 0.308 e. The highest BCUT2D eigenvalue weighted by molar-refractivity contribution is 5.83. The van der Waals surface area contributed by atoms with Gasteiger partial charge in [-0.2, -0.15) is 0 Å². The molecule has 1 aliphatic rings. The summed E-state index contributed by atoms with van der Waals surface area (Å²) in [7, 11) is 1.59. The van der Waals surface area contributed by atoms with Gasteiger partial charge in [-0.1, -0.05) is 24.0 Å². The number of aromatic nitrogens is 1. The summed E-state index contributed by atoms with van der Waals surface area (Å²) in [5.41, 5.74) is 1.88. The van der Waals surface area contributed by atoms with Gasteiger partial charge in [0, 0.05) is 18.1 Å². The first-order chi connectivity index (χ1) is 17.0. The molecule has 0 unspecified atom stereocenters. The molecule has 3 aromatic rings. The number of hydrogen-bond acceptors (Lipinski definition) is 5. The van der Waals surface area contributed by atoms with Crippen molar-refractivity contribution in [3.8, 4) is 17.6 Å². The number of benzene rings is 2. The van der Waals surface area contributed by atoms with Gasteiger partial charge in [-0.15, -0.1) is 0 Å². The van der Waals surface area contributed by atoms with E-state index in [1.165, 1.54) is 6.07 Å². The summed E-state index contributed by atoms with van der Waals surface area (Å²) in [6, 6.07) is 13.7. The van der Waals surface area contributed by atoms with Gasteiger partial charge in [0.25, 0.3) is 0 Å². The van der Waals surface area contributed by atoms with Crippen molar-refractivity contribution in [1.82, 2.24) is 9.88 Å². The molecule has 2 N–H and O–H groups in total. The number of hydrogen-bond donors (Lipinski definition) is 2. The lowest BCUT2D eigenvalue weighted by atomic mass is 9.81. The molecule has 6 nitrogen and oxygen atoms in total. The van der Waals surface area contributed by atoms with Crippen LogP contribution < -0.4 is 4.74 Å². The average molecular weight is 477 g/mol. The predicted molar refractivity (Wildman–Crippen MR) is 131 cm³/mol. The van der Waals surface area contributed by atoms with E-state index in [2.05, 4.69) is 16.8 Å². The Bertz CT molecular complexity index is 1250. The Morgan fingerprint density at radius 2 is 2.11 bits per heavy atom. The first-order valence-corrected chi connectivity index (χ1v) is 11.8. The van der Waals surface area contributed by atoms with Crippen molar-refractivity contribution in [1.29, 1.82) is 0 Å². The number of methoxy groups -OCH3 is 1. The van der Waals surface area contributed by atoms with Crippen LogP contribution in [0.25, 0.3) is 10.9 Å². The van der Waals surface area contributed by atoms with E-state index >= 15 is 0 Å². The lowest BCUT2D eigenvalue weighted by molar-refractivity contribution is -0.146. The zero-order valence-electron chi connectivity index (χ0n) is 19.7. The fraction of sp³-hybridized carbons (Fsp3) is 0.357. The maximum atomic E-state index is 13.7. The molecule has 1 fully saturated rings. The van der Waals surface area contributed by atoms with E-state index in [0.717, 1.165) is 16.5 Å². The molecule has 3 atom stereocenters. The second-order valence-electron chi connectivity index (χ2n) is 8.89. The van der Waals surface area contributed by atoms with Crippen molar-refractivity contribution in [2.24, 2.45) is 11.8 Å². The molecule has 182 valence electrons. The summed E-state index contributed by atoms with van der Waals surface area (Å²) in [5.74, 6) is 4.72. The van der Waals surface area contributed by atoms with Gasteiger partial charge in [0.15, 0.2) is 0 Å². The number of nitrogens with zero attached hydrogens (tertiary/aromatic N) is 2. The van der Waals surface area contributed by atoms with Crippen LogP contribution in [0.3, 0.4) is 0 Å². The molecule has 0 amide bonds. The number of aliphatic hydroxyl groups excluding tert-OH is 1. The summed E-state index contributed by atoms with van der Waals surface area (Å²) < 4.78 is 19.1. The highest BCUT2D eigenvalue weighted by Gasteiger charge is 2.34. The number of fused-ring (bicyclic) bond motifs is 1. The SMILES string of the molecule is COc1ccc2nccc([C@@H](O)CC[C@@H]3CCN(CC#Cc4ccccc4F)C[C@@H]3C(=O)O)c2c1. The summed E-state index contributed by atoms with van der Waals surface area (Å²) in [6.07, 6.45) is 2.70. The number of pyridine rings is 1. The first kappa shape index (κ1) is 24.6. The van der Waals surface area contributed by atoms with Gasteiger partial charge in [-0.05, 0) is 73.7 Å². The van der Waals surface area contributed by atoms with Crippen molar-refractivity contribution in [3.63, 3.8) is 0 Å². The van der Waals surface area contributed by atoms with Gasteiger partial charge >= 0.3 is 5.97 Å². The van der Waals surface area contributed by atoms with Crippen molar-refractivity contribution in [3.05, 3.63) is 71.7 Å². The molecule has 0 bridgehead atoms. The highest BCUT2D eigenvalue weighted by Crippen LogP contribution is 2.33. The van der Waals surface area contributed by atoms with E-state index in [1.54, 1.807) is 37.6 Å². The zero-order valence-corrected chi connectivity index (χ0v) is 19.7. The van der Waals surface area contributed by atoms with Crippen LogP contribution >= 0.6 is 0 Å². The Morgan fingerprint density at radius 3 is 2.89 bits per heavy atom. The molecule has 0 radical (unpaired) electrons. The largest absolute Gasteiger partial charge is 0.497 e. The lowest BCUT2D eigenvalue weighted by Gasteiger charge is -2.36. The number of carboxylic acid groups (broad SMARTS) is 1. The second kappa shape index (κ2) is 11.3. The second-order valence-corrected chi connectivity index (χ2v) is 8.89. The van der Waals surface area contributed by atoms with Gasteiger partial charge in [0.05, 0.1) is 36.8 Å². The first-order valence-electron chi connectivity index (χ1n) is 11.8. The van der Waals surface area contributed by atoms with E-state index < -0.39 is 18.0 Å². The molecule has 7 heteroatoms. The number of aliphatic carboxylic acids is 1. The van der Waals surface area contributed by atoms with Crippen molar-refractivity contribution < 1.29 is 24.1 Å². The van der Waals surface area contributed by atoms with Crippen LogP contribution in [-0.4, -0.2) is 52.8 Å². The number of ether oxygens (including phenoxy) is 1. The Morgan fingerprint density at radius 1 is 1.29 bits per heavy atom. The van der Waals surface area contributed by atoms with Gasteiger partial charge in [0.2, 0.25) is 0 Å². The Balaban J connectivity index is 1.38. The molecule has 4 rings (SSSR count). The van der Waals surface area contributed by atoms with Crippen LogP contribution in [-0.2, 0) is 4.79 Å². The van der Waals surface area contributed by atoms with Gasteiger partial charge in [0.1, 0.15) is 11.6 Å². The van der Waals surface area contributed by atoms with Crippen LogP contribution in [0, 0.1) is 29.5 Å². The maximum absolute atomic E-state index is 13.7. The number of likely N-dealkylation sites (tertiary alicyclic amines) is 1. The van der Waals surface area contributed by atoms with E-state index in [-0.39, 0.29) is 11.7 Å². The van der Waals surface area contributed by atoms with Crippen molar-refractivity contribution in [2.75, 3.05) is 26.7 Å². The third-order valence-electron chi connectivity index (χ3n) is 6.71. The van der Waals surface area contributed by atoms with Crippen molar-refractivity contribution >= 4 is 16.9 Å². The fourth-order valence-corrected chi connectivity index (χ4v) is 4.74. The number of halogens is 1. The quantitative estimate of drug-likeness (QED) is 0.496. The van der Waals surface area contributed by atoms with Gasteiger partial charge < -0.3 is 14.9 Å². The minimum atomic E-state index is -0.838. The fourth-order valence-electron chi connectivity index (χ4n) is 4.74. The molecule has 2 heterocycles. The third-order valence-corrected chi connectivity index (χ3v) is 6.71. The molecular formula is C28H29FN2O4. The van der Waals surface area contributed by atoms with E-state index in [0.29, 0.717) is 50.2 Å². The standard InChI is InChI=1S/C28H29FN2O4/c1-35-21-9-10-26-23(17-21)22(12-14-30-26)27(32)11-8-19-13-16-31(18-24(19)28(33)34)15-4-6-20-5-2-3-7-25(20)29/h2-3,5,7,9-10,12,14,17,19,24,27,32H,8,11,13,15-16,18H2,1H3,(H,33,34)/t19-,24+,27+/m1/s1. The molecule has 1 aliphatic heterocycles. The predicted octanol–water partition coefficient (Wildman–Crippen LogP) is 4.27. The van der Waals surface area contributed by atoms with Crippen LogP contribution in [0.15, 0.2) is 54.7 Å². The zero-order chi connectivity index (χ0) is 24.8. The molecular weight excluding hydrogens is 447 g/mol. The summed E-state index contributed by atoms with van der Waals surface area (Å²) in [5, 5.41) is 21.6. The molecule has 2 aromatic carbocycles. The van der Waals surface area contributed by atoms with Gasteiger partial charge in [-0.3, -0.25) is 14.7 Å². The number of piperidine rings is 1. The summed E-state index contributed by atoms with van der Waals surface area (Å²) >= 11 is 0. The molecule has 1 saturated heterocycles. The molecule has 0 saturated carbocycles. The Labute approximate surface area is 204 Å². The van der Waals surface area contributed by atoms with E-state index in [9.17, 15) is 19.4 Å². The lowest BCUT2D eigenvalue weighted by Crippen LogP contribution is -2.44.